The van der Waals surface area contributed by atoms with E-state index in [2.05, 4.69) is 241 Å². The monoisotopic (exact) mass is 841 g/mol. The minimum absolute atomic E-state index is 0.612. The second-order valence-corrected chi connectivity index (χ2v) is 17.5. The van der Waals surface area contributed by atoms with Gasteiger partial charge in [0.2, 0.25) is 0 Å². The maximum Gasteiger partial charge on any atom is 0.145 e. The van der Waals surface area contributed by atoms with Gasteiger partial charge in [-0.1, -0.05) is 188 Å². The molecule has 0 atom stereocenters. The van der Waals surface area contributed by atoms with Crippen LogP contribution in [-0.4, -0.2) is 0 Å². The lowest BCUT2D eigenvalue weighted by atomic mass is 9.66. The summed E-state index contributed by atoms with van der Waals surface area (Å²) in [6.07, 6.45) is 0. The molecule has 0 amide bonds. The van der Waals surface area contributed by atoms with Crippen LogP contribution in [0.2, 0.25) is 0 Å². The number of furan rings is 1. The molecular formula is C63H39NO2. The molecule has 0 bridgehead atoms. The third kappa shape index (κ3) is 5.20. The minimum atomic E-state index is -0.612. The van der Waals surface area contributed by atoms with Gasteiger partial charge >= 0.3 is 0 Å². The van der Waals surface area contributed by atoms with Crippen LogP contribution in [0.5, 0.6) is 11.5 Å². The molecule has 1 spiro atoms. The molecule has 0 fully saturated rings. The van der Waals surface area contributed by atoms with Crippen LogP contribution < -0.4 is 9.64 Å². The first-order chi connectivity index (χ1) is 32.7. The summed E-state index contributed by atoms with van der Waals surface area (Å²) in [4.78, 5) is 2.49. The van der Waals surface area contributed by atoms with E-state index >= 15 is 0 Å². The molecule has 1 aliphatic heterocycles. The highest BCUT2D eigenvalue weighted by atomic mass is 16.5. The van der Waals surface area contributed by atoms with Crippen LogP contribution >= 0.6 is 0 Å². The van der Waals surface area contributed by atoms with Gasteiger partial charge in [-0.3, -0.25) is 0 Å². The molecule has 0 saturated heterocycles. The fraction of sp³-hybridized carbons (Fsp3) is 0.0159. The van der Waals surface area contributed by atoms with Crippen molar-refractivity contribution in [3.05, 3.63) is 259 Å². The molecule has 11 aromatic carbocycles. The molecule has 14 rings (SSSR count). The summed E-state index contributed by atoms with van der Waals surface area (Å²) in [5.41, 5.74) is 16.3. The predicted octanol–water partition coefficient (Wildman–Crippen LogP) is 17.2. The van der Waals surface area contributed by atoms with Gasteiger partial charge in [0, 0.05) is 33.2 Å². The molecule has 2 aliphatic rings. The lowest BCUT2D eigenvalue weighted by Gasteiger charge is -2.39. The molecule has 66 heavy (non-hydrogen) atoms. The maximum atomic E-state index is 6.86. The Bertz CT molecular complexity index is 3870. The van der Waals surface area contributed by atoms with Gasteiger partial charge in [0.05, 0.1) is 22.2 Å². The van der Waals surface area contributed by atoms with E-state index in [9.17, 15) is 0 Å². The van der Waals surface area contributed by atoms with E-state index in [0.717, 1.165) is 78.0 Å². The predicted molar refractivity (Wildman–Crippen MR) is 272 cm³/mol. The van der Waals surface area contributed by atoms with Gasteiger partial charge in [-0.2, -0.15) is 0 Å². The Morgan fingerprint density at radius 2 is 0.985 bits per heavy atom. The molecule has 0 radical (unpaired) electrons. The van der Waals surface area contributed by atoms with Gasteiger partial charge in [-0.05, 0) is 104 Å². The summed E-state index contributed by atoms with van der Waals surface area (Å²) in [5, 5.41) is 6.82. The van der Waals surface area contributed by atoms with Crippen LogP contribution in [0.25, 0.3) is 76.9 Å². The third-order valence-electron chi connectivity index (χ3n) is 14.1. The Labute approximate surface area is 382 Å². The molecule has 12 aromatic rings. The van der Waals surface area contributed by atoms with Crippen LogP contribution in [0.1, 0.15) is 22.3 Å². The first kappa shape index (κ1) is 36.8. The van der Waals surface area contributed by atoms with Gasteiger partial charge < -0.3 is 14.1 Å². The summed E-state index contributed by atoms with van der Waals surface area (Å²) in [5.74, 6) is 1.75. The molecular weight excluding hydrogens is 803 g/mol. The third-order valence-corrected chi connectivity index (χ3v) is 14.1. The zero-order valence-electron chi connectivity index (χ0n) is 35.8. The van der Waals surface area contributed by atoms with Crippen LogP contribution in [0.3, 0.4) is 0 Å². The van der Waals surface area contributed by atoms with E-state index in [1.54, 1.807) is 0 Å². The van der Waals surface area contributed by atoms with E-state index in [4.69, 9.17) is 9.15 Å². The molecule has 308 valence electrons. The van der Waals surface area contributed by atoms with E-state index in [1.807, 2.05) is 0 Å². The van der Waals surface area contributed by atoms with Gasteiger partial charge in [0.15, 0.2) is 0 Å². The number of para-hydroxylation sites is 3. The number of fused-ring (bicyclic) bond motifs is 15. The normalized spacial score (nSPS) is 13.1. The SMILES string of the molecule is c1ccc(-c2cccc3ccc(-c4ccc(N(c5cccc6c5-c5ccccc5C65c6ccccc6Oc6ccccc65)c5cc6ccccc6c6oc7ccccc7c56)cc4)cc23)cc1. The fourth-order valence-electron chi connectivity index (χ4n) is 11.3. The molecule has 3 heteroatoms. The molecule has 0 N–H and O–H groups in total. The van der Waals surface area contributed by atoms with Crippen molar-refractivity contribution in [3.63, 3.8) is 0 Å². The summed E-state index contributed by atoms with van der Waals surface area (Å²) >= 11 is 0. The molecule has 1 aromatic heterocycles. The minimum Gasteiger partial charge on any atom is -0.457 e. The number of anilines is 3. The number of hydrogen-bond acceptors (Lipinski definition) is 3. The standard InChI is InChI=1S/C63H39NO2/c1-2-16-41(17-3-1)46-23-14-19-42-32-33-43(38-50(42)46)40-34-36-45(37-35-40)64(56-39-44-18-4-5-20-47(44)62-61(56)49-22-7-11-29-57(49)66-62)55-28-15-27-54-60(55)48-21-6-8-24-51(48)63(54)52-25-9-12-30-58(52)65-59-31-13-10-26-53(59)63/h1-39H. The Kier molecular flexibility index (Phi) is 7.90. The fourth-order valence-corrected chi connectivity index (χ4v) is 11.3. The zero-order valence-corrected chi connectivity index (χ0v) is 35.8. The average Bonchev–Trinajstić information content (AvgIpc) is 3.92. The van der Waals surface area contributed by atoms with Crippen molar-refractivity contribution in [3.8, 4) is 44.9 Å². The average molecular weight is 842 g/mol. The highest BCUT2D eigenvalue weighted by molar-refractivity contribution is 6.22. The number of nitrogens with zero attached hydrogens (tertiary/aromatic N) is 1. The van der Waals surface area contributed by atoms with Crippen molar-refractivity contribution in [2.75, 3.05) is 4.90 Å². The topological polar surface area (TPSA) is 25.6 Å². The van der Waals surface area contributed by atoms with Crippen molar-refractivity contribution in [1.82, 2.24) is 0 Å². The lowest BCUT2D eigenvalue weighted by molar-refractivity contribution is 0.436. The van der Waals surface area contributed by atoms with E-state index in [-0.39, 0.29) is 0 Å². The van der Waals surface area contributed by atoms with E-state index in [0.29, 0.717) is 0 Å². The van der Waals surface area contributed by atoms with Crippen molar-refractivity contribution < 1.29 is 9.15 Å². The van der Waals surface area contributed by atoms with Gasteiger partial charge in [-0.25, -0.2) is 0 Å². The Hall–Kier alpha value is -8.66. The summed E-state index contributed by atoms with van der Waals surface area (Å²) in [6, 6.07) is 85.7. The first-order valence-electron chi connectivity index (χ1n) is 22.7. The lowest BCUT2D eigenvalue weighted by Crippen LogP contribution is -2.32. The summed E-state index contributed by atoms with van der Waals surface area (Å²) in [6.45, 7) is 0. The Morgan fingerprint density at radius 1 is 0.364 bits per heavy atom. The largest absolute Gasteiger partial charge is 0.457 e. The quantitative estimate of drug-likeness (QED) is 0.173. The van der Waals surface area contributed by atoms with Crippen LogP contribution in [0, 0.1) is 0 Å². The zero-order chi connectivity index (χ0) is 43.3. The number of rotatable bonds is 5. The van der Waals surface area contributed by atoms with Gasteiger partial charge in [0.1, 0.15) is 22.7 Å². The van der Waals surface area contributed by atoms with Crippen LogP contribution in [-0.2, 0) is 5.41 Å². The highest BCUT2D eigenvalue weighted by Crippen LogP contribution is 2.64. The number of ether oxygens (including phenoxy) is 1. The van der Waals surface area contributed by atoms with Crippen molar-refractivity contribution in [1.29, 1.82) is 0 Å². The Balaban J connectivity index is 1.04. The number of benzene rings is 11. The smallest absolute Gasteiger partial charge is 0.145 e. The molecule has 2 heterocycles. The van der Waals surface area contributed by atoms with Crippen LogP contribution in [0.15, 0.2) is 241 Å². The van der Waals surface area contributed by atoms with E-state index < -0.39 is 5.41 Å². The highest BCUT2D eigenvalue weighted by Gasteiger charge is 2.52. The second-order valence-electron chi connectivity index (χ2n) is 17.5. The van der Waals surface area contributed by atoms with Crippen LogP contribution in [0.4, 0.5) is 17.1 Å². The van der Waals surface area contributed by atoms with E-state index in [1.165, 1.54) is 49.7 Å². The summed E-state index contributed by atoms with van der Waals surface area (Å²) in [7, 11) is 0. The number of hydrogen-bond donors (Lipinski definition) is 0. The summed E-state index contributed by atoms with van der Waals surface area (Å²) < 4.78 is 13.6. The van der Waals surface area contributed by atoms with Gasteiger partial charge in [-0.15, -0.1) is 0 Å². The second kappa shape index (κ2) is 14.2. The van der Waals surface area contributed by atoms with Crippen molar-refractivity contribution in [2.24, 2.45) is 0 Å². The molecule has 3 nitrogen and oxygen atoms in total. The maximum absolute atomic E-state index is 6.86. The molecule has 1 aliphatic carbocycles. The Morgan fingerprint density at radius 3 is 1.80 bits per heavy atom. The molecule has 0 unspecified atom stereocenters. The van der Waals surface area contributed by atoms with Crippen molar-refractivity contribution in [2.45, 2.75) is 5.41 Å². The molecule has 0 saturated carbocycles. The van der Waals surface area contributed by atoms with Gasteiger partial charge in [0.25, 0.3) is 0 Å². The van der Waals surface area contributed by atoms with Crippen molar-refractivity contribution >= 4 is 60.5 Å². The first-order valence-corrected chi connectivity index (χ1v) is 22.7.